The van der Waals surface area contributed by atoms with Gasteiger partial charge in [0, 0.05) is 23.2 Å². The summed E-state index contributed by atoms with van der Waals surface area (Å²) >= 11 is 0. The molecule has 4 aromatic heterocycles. The van der Waals surface area contributed by atoms with E-state index in [9.17, 15) is 0 Å². The number of H-pyrrole nitrogens is 2. The van der Waals surface area contributed by atoms with Crippen molar-refractivity contribution in [3.05, 3.63) is 42.2 Å². The van der Waals surface area contributed by atoms with Gasteiger partial charge in [-0.15, -0.1) is 0 Å². The zero-order chi connectivity index (χ0) is 15.9. The zero-order valence-corrected chi connectivity index (χ0v) is 13.2. The number of aromatic amines is 2. The maximum Gasteiger partial charge on any atom is 0.181 e. The molecular weight excluding hydrogens is 300 g/mol. The largest absolute Gasteiger partial charge is 0.338 e. The van der Waals surface area contributed by atoms with E-state index in [1.165, 1.54) is 5.56 Å². The predicted molar refractivity (Wildman–Crippen MR) is 93.8 cm³/mol. The van der Waals surface area contributed by atoms with Crippen molar-refractivity contribution in [2.45, 2.75) is 18.8 Å². The lowest BCUT2D eigenvalue weighted by atomic mass is 9.91. The molecule has 0 unspecified atom stereocenters. The van der Waals surface area contributed by atoms with Gasteiger partial charge in [0.25, 0.3) is 0 Å². The molecule has 24 heavy (non-hydrogen) atoms. The van der Waals surface area contributed by atoms with E-state index in [1.54, 1.807) is 6.20 Å². The van der Waals surface area contributed by atoms with Crippen molar-refractivity contribution < 1.29 is 0 Å². The van der Waals surface area contributed by atoms with E-state index >= 15 is 0 Å². The molecule has 0 bridgehead atoms. The lowest BCUT2D eigenvalue weighted by Gasteiger charge is -2.22. The van der Waals surface area contributed by atoms with E-state index in [4.69, 9.17) is 0 Å². The summed E-state index contributed by atoms with van der Waals surface area (Å²) in [6, 6.07) is 8.35. The van der Waals surface area contributed by atoms with E-state index < -0.39 is 0 Å². The van der Waals surface area contributed by atoms with Crippen LogP contribution in [-0.4, -0.2) is 38.2 Å². The molecule has 0 saturated carbocycles. The van der Waals surface area contributed by atoms with Crippen molar-refractivity contribution in [2.24, 2.45) is 0 Å². The van der Waals surface area contributed by atoms with Crippen LogP contribution in [0.1, 0.15) is 24.3 Å². The Balaban J connectivity index is 1.62. The molecule has 1 aliphatic heterocycles. The molecule has 0 aromatic carbocycles. The summed E-state index contributed by atoms with van der Waals surface area (Å²) in [6.07, 6.45) is 6.10. The van der Waals surface area contributed by atoms with Crippen molar-refractivity contribution in [1.29, 1.82) is 0 Å². The molecule has 0 amide bonds. The Morgan fingerprint density at radius 2 is 2.00 bits per heavy atom. The lowest BCUT2D eigenvalue weighted by Crippen LogP contribution is -2.26. The number of fused-ring (bicyclic) bond motifs is 2. The first-order chi connectivity index (χ1) is 11.9. The highest BCUT2D eigenvalue weighted by molar-refractivity contribution is 5.93. The molecule has 0 aliphatic carbocycles. The Hall–Kier alpha value is -2.73. The molecule has 5 rings (SSSR count). The van der Waals surface area contributed by atoms with Crippen LogP contribution < -0.4 is 5.32 Å². The number of piperidine rings is 1. The van der Waals surface area contributed by atoms with Crippen molar-refractivity contribution >= 4 is 22.1 Å². The van der Waals surface area contributed by atoms with Gasteiger partial charge in [-0.05, 0) is 61.7 Å². The second-order valence-corrected chi connectivity index (χ2v) is 6.39. The average molecular weight is 318 g/mol. The molecule has 0 radical (unpaired) electrons. The molecule has 1 aliphatic rings. The molecule has 3 N–H and O–H groups in total. The van der Waals surface area contributed by atoms with Crippen LogP contribution in [0.3, 0.4) is 0 Å². The fraction of sp³-hybridized carbons (Fsp3) is 0.278. The third-order valence-corrected chi connectivity index (χ3v) is 4.90. The second-order valence-electron chi connectivity index (χ2n) is 6.39. The molecule has 0 atom stereocenters. The maximum atomic E-state index is 4.56. The van der Waals surface area contributed by atoms with Gasteiger partial charge in [-0.3, -0.25) is 5.10 Å². The standard InChI is InChI=1S/C18H18N6/c1-2-12-9-15(22-17(12)20-5-1)16-14-8-13(10-21-18(14)24-23-16)11-3-6-19-7-4-11/h1-2,5,8-11,19H,3-4,6-7H2,(H,20,22)(H,21,23,24). The fourth-order valence-electron chi connectivity index (χ4n) is 3.59. The van der Waals surface area contributed by atoms with Crippen LogP contribution >= 0.6 is 0 Å². The van der Waals surface area contributed by atoms with Gasteiger partial charge in [-0.25, -0.2) is 9.97 Å². The Labute approximate surface area is 138 Å². The number of rotatable bonds is 2. The van der Waals surface area contributed by atoms with E-state index in [-0.39, 0.29) is 0 Å². The molecule has 1 saturated heterocycles. The molecule has 6 nitrogen and oxygen atoms in total. The van der Waals surface area contributed by atoms with Crippen LogP contribution in [0.25, 0.3) is 33.5 Å². The van der Waals surface area contributed by atoms with Crippen molar-refractivity contribution in [1.82, 2.24) is 30.5 Å². The number of aromatic nitrogens is 5. The maximum absolute atomic E-state index is 4.56. The first-order valence-electron chi connectivity index (χ1n) is 8.37. The van der Waals surface area contributed by atoms with Crippen molar-refractivity contribution in [2.75, 3.05) is 13.1 Å². The van der Waals surface area contributed by atoms with Crippen LogP contribution in [0, 0.1) is 0 Å². The van der Waals surface area contributed by atoms with Crippen LogP contribution in [0.4, 0.5) is 0 Å². The number of hydrogen-bond donors (Lipinski definition) is 3. The monoisotopic (exact) mass is 318 g/mol. The minimum absolute atomic E-state index is 0.579. The Morgan fingerprint density at radius 3 is 2.88 bits per heavy atom. The molecule has 120 valence electrons. The summed E-state index contributed by atoms with van der Waals surface area (Å²) in [5, 5.41) is 13.1. The quantitative estimate of drug-likeness (QED) is 0.531. The highest BCUT2D eigenvalue weighted by Crippen LogP contribution is 2.31. The van der Waals surface area contributed by atoms with Gasteiger partial charge in [-0.1, -0.05) is 0 Å². The number of pyridine rings is 2. The summed E-state index contributed by atoms with van der Waals surface area (Å²) in [7, 11) is 0. The number of nitrogens with one attached hydrogen (secondary N) is 3. The Bertz CT molecular complexity index is 976. The molecule has 5 heterocycles. The average Bonchev–Trinajstić information content (AvgIpc) is 3.25. The minimum atomic E-state index is 0.579. The topological polar surface area (TPSA) is 82.3 Å². The van der Waals surface area contributed by atoms with Crippen LogP contribution in [-0.2, 0) is 0 Å². The Morgan fingerprint density at radius 1 is 1.08 bits per heavy atom. The summed E-state index contributed by atoms with van der Waals surface area (Å²) in [4.78, 5) is 12.3. The molecular formula is C18H18N6. The zero-order valence-electron chi connectivity index (χ0n) is 13.2. The first-order valence-corrected chi connectivity index (χ1v) is 8.37. The summed E-state index contributed by atoms with van der Waals surface area (Å²) in [5.74, 6) is 0.579. The molecule has 4 aromatic rings. The Kier molecular flexibility index (Phi) is 3.09. The molecule has 6 heteroatoms. The highest BCUT2D eigenvalue weighted by atomic mass is 15.2. The highest BCUT2D eigenvalue weighted by Gasteiger charge is 2.18. The van der Waals surface area contributed by atoms with Gasteiger partial charge in [0.05, 0.1) is 11.4 Å². The van der Waals surface area contributed by atoms with Crippen molar-refractivity contribution in [3.8, 4) is 11.4 Å². The SMILES string of the molecule is c1cnc2[nH]c(-c3[nH]nc4ncc(C5CCNCC5)cc34)cc2c1. The van der Waals surface area contributed by atoms with Crippen LogP contribution in [0.15, 0.2) is 36.7 Å². The summed E-state index contributed by atoms with van der Waals surface area (Å²) in [5.41, 5.74) is 4.93. The van der Waals surface area contributed by atoms with E-state index in [2.05, 4.69) is 48.7 Å². The third kappa shape index (κ3) is 2.18. The second kappa shape index (κ2) is 5.42. The van der Waals surface area contributed by atoms with E-state index in [0.29, 0.717) is 5.92 Å². The summed E-state index contributed by atoms with van der Waals surface area (Å²) < 4.78 is 0. The predicted octanol–water partition coefficient (Wildman–Crippen LogP) is 2.97. The van der Waals surface area contributed by atoms with Gasteiger partial charge in [0.2, 0.25) is 0 Å². The van der Waals surface area contributed by atoms with E-state index in [1.807, 2.05) is 12.3 Å². The van der Waals surface area contributed by atoms with Gasteiger partial charge in [0.1, 0.15) is 5.65 Å². The normalized spacial score (nSPS) is 16.2. The lowest BCUT2D eigenvalue weighted by molar-refractivity contribution is 0.460. The van der Waals surface area contributed by atoms with Gasteiger partial charge in [0.15, 0.2) is 5.65 Å². The third-order valence-electron chi connectivity index (χ3n) is 4.90. The van der Waals surface area contributed by atoms with Crippen LogP contribution in [0.2, 0.25) is 0 Å². The minimum Gasteiger partial charge on any atom is -0.338 e. The summed E-state index contributed by atoms with van der Waals surface area (Å²) in [6.45, 7) is 2.16. The van der Waals surface area contributed by atoms with Crippen LogP contribution in [0.5, 0.6) is 0 Å². The van der Waals surface area contributed by atoms with Gasteiger partial charge in [-0.2, -0.15) is 5.10 Å². The number of nitrogens with zero attached hydrogens (tertiary/aromatic N) is 3. The molecule has 0 spiro atoms. The van der Waals surface area contributed by atoms with Gasteiger partial charge < -0.3 is 10.3 Å². The first kappa shape index (κ1) is 13.7. The fourth-order valence-corrected chi connectivity index (χ4v) is 3.59. The van der Waals surface area contributed by atoms with E-state index in [0.717, 1.165) is 59.4 Å². The smallest absolute Gasteiger partial charge is 0.181 e. The molecule has 1 fully saturated rings. The van der Waals surface area contributed by atoms with Crippen molar-refractivity contribution in [3.63, 3.8) is 0 Å². The van der Waals surface area contributed by atoms with Gasteiger partial charge >= 0.3 is 0 Å². The number of hydrogen-bond acceptors (Lipinski definition) is 4.